The first kappa shape index (κ1) is 13.7. The van der Waals surface area contributed by atoms with Crippen molar-refractivity contribution in [2.75, 3.05) is 18.4 Å². The molecule has 1 aromatic heterocycles. The predicted octanol–water partition coefficient (Wildman–Crippen LogP) is 0.765. The van der Waals surface area contributed by atoms with Crippen molar-refractivity contribution in [3.63, 3.8) is 0 Å². The summed E-state index contributed by atoms with van der Waals surface area (Å²) in [5.74, 6) is 0.429. The van der Waals surface area contributed by atoms with Crippen LogP contribution in [0.3, 0.4) is 0 Å². The molecule has 2 unspecified atom stereocenters. The van der Waals surface area contributed by atoms with Crippen LogP contribution in [0, 0.1) is 18.8 Å². The van der Waals surface area contributed by atoms with Crippen LogP contribution in [0.15, 0.2) is 24.5 Å². The first-order chi connectivity index (χ1) is 10.1. The highest BCUT2D eigenvalue weighted by Crippen LogP contribution is 2.22. The van der Waals surface area contributed by atoms with Crippen LogP contribution in [0.5, 0.6) is 0 Å². The molecule has 0 spiro atoms. The molecule has 2 aromatic rings. The lowest BCUT2D eigenvalue weighted by Gasteiger charge is -2.16. The van der Waals surface area contributed by atoms with Gasteiger partial charge < -0.3 is 10.6 Å². The molecule has 0 saturated carbocycles. The van der Waals surface area contributed by atoms with Crippen molar-refractivity contribution in [3.05, 3.63) is 30.1 Å². The summed E-state index contributed by atoms with van der Waals surface area (Å²) in [6, 6.07) is 5.75. The van der Waals surface area contributed by atoms with E-state index in [1.54, 1.807) is 4.68 Å². The van der Waals surface area contributed by atoms with E-state index in [0.29, 0.717) is 5.92 Å². The summed E-state index contributed by atoms with van der Waals surface area (Å²) in [6.07, 6.45) is 1.53. The van der Waals surface area contributed by atoms with Gasteiger partial charge in [0.2, 0.25) is 5.91 Å². The van der Waals surface area contributed by atoms with Crippen LogP contribution in [0.25, 0.3) is 5.69 Å². The van der Waals surface area contributed by atoms with E-state index in [-0.39, 0.29) is 11.8 Å². The molecule has 21 heavy (non-hydrogen) atoms. The second kappa shape index (κ2) is 5.61. The molecule has 0 aliphatic carbocycles. The zero-order valence-electron chi connectivity index (χ0n) is 12.1. The lowest BCUT2D eigenvalue weighted by atomic mass is 9.97. The number of aromatic nitrogens is 4. The molecule has 7 heteroatoms. The van der Waals surface area contributed by atoms with E-state index in [9.17, 15) is 4.79 Å². The average molecular weight is 286 g/mol. The number of hydrogen-bond donors (Lipinski definition) is 2. The third-order valence-corrected chi connectivity index (χ3v) is 3.95. The van der Waals surface area contributed by atoms with Gasteiger partial charge in [-0.3, -0.25) is 4.79 Å². The minimum absolute atomic E-state index is 0.0149. The van der Waals surface area contributed by atoms with Gasteiger partial charge in [0.15, 0.2) is 0 Å². The number of carbonyl (C=O) groups excluding carboxylic acids is 1. The van der Waals surface area contributed by atoms with Crippen molar-refractivity contribution in [2.24, 2.45) is 11.8 Å². The Labute approximate surface area is 122 Å². The van der Waals surface area contributed by atoms with Gasteiger partial charge in [-0.15, -0.1) is 5.10 Å². The monoisotopic (exact) mass is 286 g/mol. The van der Waals surface area contributed by atoms with Gasteiger partial charge in [0, 0.05) is 12.2 Å². The summed E-state index contributed by atoms with van der Waals surface area (Å²) in [6.45, 7) is 5.68. The second-order valence-electron chi connectivity index (χ2n) is 5.48. The van der Waals surface area contributed by atoms with Gasteiger partial charge in [0.05, 0.1) is 11.6 Å². The maximum absolute atomic E-state index is 12.4. The van der Waals surface area contributed by atoms with Crippen LogP contribution in [0.4, 0.5) is 5.69 Å². The second-order valence-corrected chi connectivity index (χ2v) is 5.48. The fourth-order valence-electron chi connectivity index (χ4n) is 2.55. The molecule has 2 atom stereocenters. The quantitative estimate of drug-likeness (QED) is 0.870. The smallest absolute Gasteiger partial charge is 0.229 e. The number of amides is 1. The molecule has 1 aliphatic rings. The summed E-state index contributed by atoms with van der Waals surface area (Å²) >= 11 is 0. The first-order valence-electron chi connectivity index (χ1n) is 7.01. The van der Waals surface area contributed by atoms with Gasteiger partial charge in [0.1, 0.15) is 6.33 Å². The van der Waals surface area contributed by atoms with Crippen LogP contribution in [0.2, 0.25) is 0 Å². The lowest BCUT2D eigenvalue weighted by molar-refractivity contribution is -0.120. The fourth-order valence-corrected chi connectivity index (χ4v) is 2.55. The molecular weight excluding hydrogens is 268 g/mol. The molecule has 1 aliphatic heterocycles. The molecule has 0 radical (unpaired) electrons. The molecule has 7 nitrogen and oxygen atoms in total. The van der Waals surface area contributed by atoms with Crippen LogP contribution in [-0.4, -0.2) is 39.2 Å². The molecule has 1 saturated heterocycles. The molecule has 110 valence electrons. The number of benzene rings is 1. The molecule has 3 rings (SSSR count). The van der Waals surface area contributed by atoms with Gasteiger partial charge in [-0.1, -0.05) is 13.0 Å². The van der Waals surface area contributed by atoms with Gasteiger partial charge in [-0.25, -0.2) is 4.68 Å². The number of carbonyl (C=O) groups is 1. The van der Waals surface area contributed by atoms with Gasteiger partial charge in [-0.2, -0.15) is 0 Å². The first-order valence-corrected chi connectivity index (χ1v) is 7.01. The summed E-state index contributed by atoms with van der Waals surface area (Å²) < 4.78 is 1.56. The Bertz CT molecular complexity index is 639. The molecular formula is C14H18N6O. The Morgan fingerprint density at radius 1 is 1.43 bits per heavy atom. The van der Waals surface area contributed by atoms with Gasteiger partial charge in [0.25, 0.3) is 0 Å². The minimum atomic E-state index is 0.0149. The maximum Gasteiger partial charge on any atom is 0.229 e. The van der Waals surface area contributed by atoms with E-state index in [1.807, 2.05) is 25.1 Å². The molecule has 1 aromatic carbocycles. The summed E-state index contributed by atoms with van der Waals surface area (Å²) in [5, 5.41) is 17.4. The molecule has 2 N–H and O–H groups in total. The summed E-state index contributed by atoms with van der Waals surface area (Å²) in [4.78, 5) is 12.4. The SMILES string of the molecule is Cc1ccc(-n2cnnn2)cc1NC(=O)C1CNCC1C. The highest BCUT2D eigenvalue weighted by Gasteiger charge is 2.29. The van der Waals surface area contributed by atoms with E-state index in [1.165, 1.54) is 6.33 Å². The van der Waals surface area contributed by atoms with Gasteiger partial charge >= 0.3 is 0 Å². The van der Waals surface area contributed by atoms with E-state index < -0.39 is 0 Å². The number of rotatable bonds is 3. The van der Waals surface area contributed by atoms with Crippen molar-refractivity contribution < 1.29 is 4.79 Å². The van der Waals surface area contributed by atoms with Crippen molar-refractivity contribution >= 4 is 11.6 Å². The number of nitrogens with one attached hydrogen (secondary N) is 2. The molecule has 1 fully saturated rings. The number of hydrogen-bond acceptors (Lipinski definition) is 5. The number of tetrazole rings is 1. The Kier molecular flexibility index (Phi) is 3.66. The van der Waals surface area contributed by atoms with E-state index in [2.05, 4.69) is 33.1 Å². The maximum atomic E-state index is 12.4. The molecule has 0 bridgehead atoms. The third-order valence-electron chi connectivity index (χ3n) is 3.95. The van der Waals surface area contributed by atoms with Crippen molar-refractivity contribution in [2.45, 2.75) is 13.8 Å². The molecule has 2 heterocycles. The number of aryl methyl sites for hydroxylation is 1. The van der Waals surface area contributed by atoms with Crippen molar-refractivity contribution in [1.29, 1.82) is 0 Å². The van der Waals surface area contributed by atoms with Crippen molar-refractivity contribution in [1.82, 2.24) is 25.5 Å². The Morgan fingerprint density at radius 2 is 2.29 bits per heavy atom. The van der Waals surface area contributed by atoms with E-state index in [0.717, 1.165) is 30.0 Å². The average Bonchev–Trinajstić information content (AvgIpc) is 3.12. The van der Waals surface area contributed by atoms with Crippen LogP contribution >= 0.6 is 0 Å². The zero-order chi connectivity index (χ0) is 14.8. The highest BCUT2D eigenvalue weighted by atomic mass is 16.1. The van der Waals surface area contributed by atoms with E-state index >= 15 is 0 Å². The highest BCUT2D eigenvalue weighted by molar-refractivity contribution is 5.94. The van der Waals surface area contributed by atoms with E-state index in [4.69, 9.17) is 0 Å². The largest absolute Gasteiger partial charge is 0.325 e. The fraction of sp³-hybridized carbons (Fsp3) is 0.429. The third kappa shape index (κ3) is 2.78. The van der Waals surface area contributed by atoms with Crippen LogP contribution in [0.1, 0.15) is 12.5 Å². The lowest BCUT2D eigenvalue weighted by Crippen LogP contribution is -2.28. The number of nitrogens with zero attached hydrogens (tertiary/aromatic N) is 4. The van der Waals surface area contributed by atoms with Crippen LogP contribution < -0.4 is 10.6 Å². The van der Waals surface area contributed by atoms with Crippen LogP contribution in [-0.2, 0) is 4.79 Å². The Hall–Kier alpha value is -2.28. The predicted molar refractivity (Wildman–Crippen MR) is 78.0 cm³/mol. The summed E-state index contributed by atoms with van der Waals surface area (Å²) in [7, 11) is 0. The standard InChI is InChI=1S/C14H18N6O/c1-9-3-4-11(20-8-16-18-19-20)5-13(9)17-14(21)12-7-15-6-10(12)2/h3-5,8,10,12,15H,6-7H2,1-2H3,(H,17,21). The van der Waals surface area contributed by atoms with Gasteiger partial charge in [-0.05, 0) is 47.5 Å². The molecule has 1 amide bonds. The topological polar surface area (TPSA) is 84.7 Å². The Morgan fingerprint density at radius 3 is 2.95 bits per heavy atom. The van der Waals surface area contributed by atoms with Crippen molar-refractivity contribution in [3.8, 4) is 5.69 Å². The Balaban J connectivity index is 1.81. The zero-order valence-corrected chi connectivity index (χ0v) is 12.1. The number of anilines is 1. The summed E-state index contributed by atoms with van der Waals surface area (Å²) in [5.41, 5.74) is 2.63. The minimum Gasteiger partial charge on any atom is -0.325 e. The normalized spacial score (nSPS) is 21.4.